The number of benzene rings is 2. The summed E-state index contributed by atoms with van der Waals surface area (Å²) in [5.74, 6) is -1.68. The predicted molar refractivity (Wildman–Crippen MR) is 93.8 cm³/mol. The van der Waals surface area contributed by atoms with Crippen molar-refractivity contribution in [1.82, 2.24) is 5.32 Å². The van der Waals surface area contributed by atoms with Crippen molar-refractivity contribution in [3.8, 4) is 0 Å². The number of carbonyl (C=O) groups excluding carboxylic acids is 1. The molecule has 126 valence electrons. The summed E-state index contributed by atoms with van der Waals surface area (Å²) in [6, 6.07) is 17.4. The van der Waals surface area contributed by atoms with Crippen LogP contribution in [0.1, 0.15) is 23.6 Å². The smallest absolute Gasteiger partial charge is 0.308 e. The van der Waals surface area contributed by atoms with Crippen molar-refractivity contribution in [2.75, 3.05) is 6.54 Å². The van der Waals surface area contributed by atoms with Crippen LogP contribution in [0.25, 0.3) is 0 Å². The van der Waals surface area contributed by atoms with E-state index >= 15 is 0 Å². The molecule has 0 saturated carbocycles. The van der Waals surface area contributed by atoms with Gasteiger partial charge < -0.3 is 10.4 Å². The molecule has 2 N–H and O–H groups in total. The lowest BCUT2D eigenvalue weighted by Crippen LogP contribution is -2.34. The molecule has 0 heterocycles. The number of aliphatic carboxylic acids is 1. The van der Waals surface area contributed by atoms with Gasteiger partial charge in [0.05, 0.1) is 12.3 Å². The highest BCUT2D eigenvalue weighted by atomic mass is 16.4. The summed E-state index contributed by atoms with van der Waals surface area (Å²) >= 11 is 0. The topological polar surface area (TPSA) is 66.4 Å². The third kappa shape index (κ3) is 5.54. The zero-order valence-corrected chi connectivity index (χ0v) is 13.9. The van der Waals surface area contributed by atoms with Gasteiger partial charge in [0.15, 0.2) is 0 Å². The average molecular weight is 325 g/mol. The second-order valence-electron chi connectivity index (χ2n) is 5.88. The Balaban J connectivity index is 1.86. The molecular formula is C20H23NO3. The van der Waals surface area contributed by atoms with Crippen molar-refractivity contribution >= 4 is 11.9 Å². The summed E-state index contributed by atoms with van der Waals surface area (Å²) in [6.45, 7) is 2.22. The fourth-order valence-corrected chi connectivity index (χ4v) is 2.52. The van der Waals surface area contributed by atoms with Crippen molar-refractivity contribution in [3.05, 3.63) is 71.3 Å². The minimum atomic E-state index is -0.897. The van der Waals surface area contributed by atoms with Gasteiger partial charge in [0.1, 0.15) is 0 Å². The quantitative estimate of drug-likeness (QED) is 0.784. The minimum absolute atomic E-state index is 0.135. The molecule has 1 unspecified atom stereocenters. The van der Waals surface area contributed by atoms with E-state index in [0.717, 1.165) is 17.5 Å². The Labute approximate surface area is 142 Å². The maximum absolute atomic E-state index is 12.0. The van der Waals surface area contributed by atoms with E-state index in [1.54, 1.807) is 0 Å². The van der Waals surface area contributed by atoms with E-state index in [0.29, 0.717) is 6.42 Å². The van der Waals surface area contributed by atoms with Gasteiger partial charge >= 0.3 is 5.97 Å². The molecule has 0 aromatic heterocycles. The lowest BCUT2D eigenvalue weighted by molar-refractivity contribution is -0.141. The van der Waals surface area contributed by atoms with Gasteiger partial charge in [0.25, 0.3) is 0 Å². The van der Waals surface area contributed by atoms with Crippen LogP contribution in [-0.2, 0) is 28.9 Å². The van der Waals surface area contributed by atoms with E-state index in [1.807, 2.05) is 54.6 Å². The molecule has 0 aliphatic carbocycles. The largest absolute Gasteiger partial charge is 0.481 e. The van der Waals surface area contributed by atoms with Gasteiger partial charge in [-0.2, -0.15) is 0 Å². The molecule has 2 aromatic carbocycles. The Kier molecular flexibility index (Phi) is 6.55. The number of aryl methyl sites for hydroxylation is 1. The number of amides is 1. The van der Waals surface area contributed by atoms with Gasteiger partial charge in [-0.15, -0.1) is 0 Å². The molecule has 4 heteroatoms. The zero-order valence-electron chi connectivity index (χ0n) is 13.9. The van der Waals surface area contributed by atoms with Gasteiger partial charge in [-0.05, 0) is 29.5 Å². The molecular weight excluding hydrogens is 302 g/mol. The highest BCUT2D eigenvalue weighted by Gasteiger charge is 2.19. The number of carboxylic acids is 1. The SMILES string of the molecule is CCc1ccc(CC(=O)NCC(Cc2ccccc2)C(=O)O)cc1. The Morgan fingerprint density at radius 2 is 1.58 bits per heavy atom. The highest BCUT2D eigenvalue weighted by Crippen LogP contribution is 2.09. The first-order valence-corrected chi connectivity index (χ1v) is 8.19. The predicted octanol–water partition coefficient (Wildman–Crippen LogP) is 2.85. The summed E-state index contributed by atoms with van der Waals surface area (Å²) < 4.78 is 0. The Morgan fingerprint density at radius 1 is 0.958 bits per heavy atom. The fourth-order valence-electron chi connectivity index (χ4n) is 2.52. The molecule has 1 atom stereocenters. The number of carbonyl (C=O) groups is 2. The Hall–Kier alpha value is -2.62. The van der Waals surface area contributed by atoms with Gasteiger partial charge in [0.2, 0.25) is 5.91 Å². The molecule has 24 heavy (non-hydrogen) atoms. The van der Waals surface area contributed by atoms with Gasteiger partial charge in [-0.1, -0.05) is 61.5 Å². The van der Waals surface area contributed by atoms with Crippen LogP contribution in [0.4, 0.5) is 0 Å². The number of hydrogen-bond acceptors (Lipinski definition) is 2. The van der Waals surface area contributed by atoms with E-state index in [-0.39, 0.29) is 18.9 Å². The van der Waals surface area contributed by atoms with E-state index < -0.39 is 11.9 Å². The Morgan fingerprint density at radius 3 is 2.17 bits per heavy atom. The molecule has 0 bridgehead atoms. The van der Waals surface area contributed by atoms with Crippen LogP contribution >= 0.6 is 0 Å². The fraction of sp³-hybridized carbons (Fsp3) is 0.300. The average Bonchev–Trinajstić information content (AvgIpc) is 2.60. The van der Waals surface area contributed by atoms with Crippen molar-refractivity contribution in [2.24, 2.45) is 5.92 Å². The summed E-state index contributed by atoms with van der Waals surface area (Å²) in [5, 5.41) is 12.1. The maximum atomic E-state index is 12.0. The molecule has 0 spiro atoms. The van der Waals surface area contributed by atoms with Crippen LogP contribution in [0.15, 0.2) is 54.6 Å². The second kappa shape index (κ2) is 8.87. The molecule has 0 fully saturated rings. The number of rotatable bonds is 8. The van der Waals surface area contributed by atoms with Crippen molar-refractivity contribution in [2.45, 2.75) is 26.2 Å². The summed E-state index contributed by atoms with van der Waals surface area (Å²) in [5.41, 5.74) is 3.11. The standard InChI is InChI=1S/C20H23NO3/c1-2-15-8-10-17(11-9-15)13-19(22)21-14-18(20(23)24)12-16-6-4-3-5-7-16/h3-11,18H,2,12-14H2,1H3,(H,21,22)(H,23,24). The van der Waals surface area contributed by atoms with Crippen LogP contribution in [0, 0.1) is 5.92 Å². The molecule has 1 amide bonds. The second-order valence-corrected chi connectivity index (χ2v) is 5.88. The Bertz CT molecular complexity index is 665. The van der Waals surface area contributed by atoms with Crippen LogP contribution in [-0.4, -0.2) is 23.5 Å². The van der Waals surface area contributed by atoms with E-state index in [4.69, 9.17) is 0 Å². The van der Waals surface area contributed by atoms with Crippen molar-refractivity contribution in [1.29, 1.82) is 0 Å². The molecule has 2 rings (SSSR count). The summed E-state index contributed by atoms with van der Waals surface area (Å²) in [7, 11) is 0. The first kappa shape index (κ1) is 17.7. The highest BCUT2D eigenvalue weighted by molar-refractivity contribution is 5.79. The van der Waals surface area contributed by atoms with Crippen LogP contribution < -0.4 is 5.32 Å². The number of nitrogens with one attached hydrogen (secondary N) is 1. The van der Waals surface area contributed by atoms with Crippen LogP contribution in [0.2, 0.25) is 0 Å². The molecule has 0 aliphatic heterocycles. The molecule has 4 nitrogen and oxygen atoms in total. The lowest BCUT2D eigenvalue weighted by Gasteiger charge is -2.13. The van der Waals surface area contributed by atoms with Crippen LogP contribution in [0.5, 0.6) is 0 Å². The number of carboxylic acid groups (broad SMARTS) is 1. The molecule has 0 saturated heterocycles. The minimum Gasteiger partial charge on any atom is -0.481 e. The lowest BCUT2D eigenvalue weighted by atomic mass is 9.99. The molecule has 2 aromatic rings. The normalized spacial score (nSPS) is 11.7. The third-order valence-electron chi connectivity index (χ3n) is 4.02. The third-order valence-corrected chi connectivity index (χ3v) is 4.02. The van der Waals surface area contributed by atoms with Gasteiger partial charge in [-0.3, -0.25) is 9.59 Å². The molecule has 0 radical (unpaired) electrons. The zero-order chi connectivity index (χ0) is 17.4. The van der Waals surface area contributed by atoms with Gasteiger partial charge in [0, 0.05) is 6.54 Å². The molecule has 0 aliphatic rings. The first-order valence-electron chi connectivity index (χ1n) is 8.19. The van der Waals surface area contributed by atoms with E-state index in [1.165, 1.54) is 5.56 Å². The number of hydrogen-bond donors (Lipinski definition) is 2. The van der Waals surface area contributed by atoms with Crippen molar-refractivity contribution in [3.63, 3.8) is 0 Å². The van der Waals surface area contributed by atoms with Crippen molar-refractivity contribution < 1.29 is 14.7 Å². The van der Waals surface area contributed by atoms with Crippen LogP contribution in [0.3, 0.4) is 0 Å². The van der Waals surface area contributed by atoms with Gasteiger partial charge in [-0.25, -0.2) is 0 Å². The first-order chi connectivity index (χ1) is 11.6. The maximum Gasteiger partial charge on any atom is 0.308 e. The monoisotopic (exact) mass is 325 g/mol. The summed E-state index contributed by atoms with van der Waals surface area (Å²) in [4.78, 5) is 23.4. The van der Waals surface area contributed by atoms with E-state index in [9.17, 15) is 14.7 Å². The van der Waals surface area contributed by atoms with E-state index in [2.05, 4.69) is 12.2 Å². The summed E-state index contributed by atoms with van der Waals surface area (Å²) in [6.07, 6.45) is 1.63.